The maximum absolute atomic E-state index is 8.89. The van der Waals surface area contributed by atoms with Gasteiger partial charge in [-0.05, 0) is 43.3 Å². The second kappa shape index (κ2) is 4.89. The summed E-state index contributed by atoms with van der Waals surface area (Å²) >= 11 is 1.52. The van der Waals surface area contributed by atoms with Crippen molar-refractivity contribution in [3.63, 3.8) is 0 Å². The molecule has 2 N–H and O–H groups in total. The number of nitrogen functional groups attached to an aromatic ring is 1. The highest BCUT2D eigenvalue weighted by Crippen LogP contribution is 2.27. The van der Waals surface area contributed by atoms with Gasteiger partial charge in [0.25, 0.3) is 0 Å². The molecule has 0 bridgehead atoms. The van der Waals surface area contributed by atoms with Crippen molar-refractivity contribution in [1.29, 1.82) is 5.26 Å². The molecule has 2 rings (SSSR count). The molecule has 0 fully saturated rings. The number of benzene rings is 1. The Kier molecular flexibility index (Phi) is 3.31. The highest BCUT2D eigenvalue weighted by Gasteiger charge is 2.02. The van der Waals surface area contributed by atoms with E-state index in [4.69, 9.17) is 11.0 Å². The van der Waals surface area contributed by atoms with E-state index in [0.29, 0.717) is 5.56 Å². The molecule has 1 heterocycles. The van der Waals surface area contributed by atoms with Crippen LogP contribution in [0.25, 0.3) is 0 Å². The van der Waals surface area contributed by atoms with Gasteiger partial charge < -0.3 is 5.73 Å². The summed E-state index contributed by atoms with van der Waals surface area (Å²) in [6.07, 6.45) is 0. The normalized spacial score (nSPS) is 9.88. The van der Waals surface area contributed by atoms with Gasteiger partial charge in [0.05, 0.1) is 11.6 Å². The molecule has 0 amide bonds. The number of rotatable bonds is 2. The van der Waals surface area contributed by atoms with Crippen LogP contribution in [0.5, 0.6) is 0 Å². The Morgan fingerprint density at radius 3 is 2.59 bits per heavy atom. The number of nitrogens with zero attached hydrogens (tertiary/aromatic N) is 2. The summed E-state index contributed by atoms with van der Waals surface area (Å²) < 4.78 is 0. The molecule has 0 unspecified atom stereocenters. The lowest BCUT2D eigenvalue weighted by atomic mass is 10.2. The number of hydrogen-bond donors (Lipinski definition) is 1. The van der Waals surface area contributed by atoms with E-state index in [2.05, 4.69) is 11.1 Å². The molecule has 0 atom stereocenters. The van der Waals surface area contributed by atoms with Crippen molar-refractivity contribution in [2.24, 2.45) is 0 Å². The van der Waals surface area contributed by atoms with Crippen LogP contribution in [0.2, 0.25) is 0 Å². The lowest BCUT2D eigenvalue weighted by Gasteiger charge is -2.03. The van der Waals surface area contributed by atoms with Crippen LogP contribution in [-0.2, 0) is 0 Å². The largest absolute Gasteiger partial charge is 0.399 e. The van der Waals surface area contributed by atoms with Gasteiger partial charge in [0, 0.05) is 16.3 Å². The van der Waals surface area contributed by atoms with Crippen LogP contribution in [0.1, 0.15) is 11.3 Å². The summed E-state index contributed by atoms with van der Waals surface area (Å²) in [4.78, 5) is 5.44. The Balaban J connectivity index is 2.27. The van der Waals surface area contributed by atoms with Crippen LogP contribution in [-0.4, -0.2) is 4.98 Å². The number of anilines is 1. The Labute approximate surface area is 104 Å². The molecule has 0 aliphatic heterocycles. The quantitative estimate of drug-likeness (QED) is 0.821. The third-order valence-electron chi connectivity index (χ3n) is 2.16. The van der Waals surface area contributed by atoms with Crippen molar-refractivity contribution >= 4 is 17.4 Å². The maximum atomic E-state index is 8.89. The molecule has 4 heteroatoms. The van der Waals surface area contributed by atoms with Crippen LogP contribution in [0, 0.1) is 18.3 Å². The van der Waals surface area contributed by atoms with Crippen molar-refractivity contribution in [3.8, 4) is 6.07 Å². The van der Waals surface area contributed by atoms with Crippen LogP contribution < -0.4 is 5.73 Å². The molecule has 0 saturated carbocycles. The molecule has 0 aliphatic rings. The van der Waals surface area contributed by atoms with Crippen LogP contribution >= 0.6 is 11.8 Å². The zero-order valence-corrected chi connectivity index (χ0v) is 10.2. The van der Waals surface area contributed by atoms with Gasteiger partial charge >= 0.3 is 0 Å². The van der Waals surface area contributed by atoms with Crippen LogP contribution in [0.4, 0.5) is 5.69 Å². The summed E-state index contributed by atoms with van der Waals surface area (Å²) in [6, 6.07) is 13.3. The van der Waals surface area contributed by atoms with Crippen molar-refractivity contribution in [3.05, 3.63) is 47.7 Å². The highest BCUT2D eigenvalue weighted by atomic mass is 32.2. The van der Waals surface area contributed by atoms with E-state index in [-0.39, 0.29) is 0 Å². The topological polar surface area (TPSA) is 62.7 Å². The first-order chi connectivity index (χ1) is 8.17. The fourth-order valence-electron chi connectivity index (χ4n) is 1.41. The van der Waals surface area contributed by atoms with Gasteiger partial charge in [-0.25, -0.2) is 4.98 Å². The third-order valence-corrected chi connectivity index (χ3v) is 3.09. The Morgan fingerprint density at radius 1 is 1.24 bits per heavy atom. The van der Waals surface area contributed by atoms with Gasteiger partial charge in [-0.1, -0.05) is 11.8 Å². The monoisotopic (exact) mass is 241 g/mol. The van der Waals surface area contributed by atoms with Crippen molar-refractivity contribution in [2.45, 2.75) is 16.8 Å². The van der Waals surface area contributed by atoms with E-state index in [1.807, 2.05) is 31.2 Å². The Bertz CT molecular complexity index is 570. The first-order valence-corrected chi connectivity index (χ1v) is 5.91. The number of aromatic nitrogens is 1. The summed E-state index contributed by atoms with van der Waals surface area (Å²) in [5.41, 5.74) is 7.85. The van der Waals surface area contributed by atoms with E-state index in [9.17, 15) is 0 Å². The van der Waals surface area contributed by atoms with E-state index in [1.54, 1.807) is 12.1 Å². The first kappa shape index (κ1) is 11.5. The molecule has 0 radical (unpaired) electrons. The molecule has 84 valence electrons. The molecular weight excluding hydrogens is 230 g/mol. The second-order valence-electron chi connectivity index (χ2n) is 3.62. The molecule has 17 heavy (non-hydrogen) atoms. The minimum absolute atomic E-state index is 0.635. The fourth-order valence-corrected chi connectivity index (χ4v) is 2.30. The van der Waals surface area contributed by atoms with Crippen molar-refractivity contribution < 1.29 is 0 Å². The number of pyridine rings is 1. The minimum Gasteiger partial charge on any atom is -0.399 e. The van der Waals surface area contributed by atoms with Crippen LogP contribution in [0.3, 0.4) is 0 Å². The van der Waals surface area contributed by atoms with Gasteiger partial charge in [-0.2, -0.15) is 5.26 Å². The molecule has 0 spiro atoms. The van der Waals surface area contributed by atoms with Gasteiger partial charge in [0.15, 0.2) is 0 Å². The number of hydrogen-bond acceptors (Lipinski definition) is 4. The number of aryl methyl sites for hydroxylation is 1. The summed E-state index contributed by atoms with van der Waals surface area (Å²) in [6.45, 7) is 1.88. The zero-order chi connectivity index (χ0) is 12.3. The molecule has 2 aromatic rings. The predicted octanol–water partition coefficient (Wildman–Crippen LogP) is 3.00. The third kappa shape index (κ3) is 2.99. The van der Waals surface area contributed by atoms with E-state index < -0.39 is 0 Å². The standard InChI is InChI=1S/C13H11N3S/c1-9-6-10(8-14)7-13(16-9)17-12-4-2-11(15)3-5-12/h2-7H,15H2,1H3. The van der Waals surface area contributed by atoms with Crippen LogP contribution in [0.15, 0.2) is 46.3 Å². The average molecular weight is 241 g/mol. The number of nitrogens with two attached hydrogens (primary N) is 1. The molecule has 1 aromatic carbocycles. The van der Waals surface area contributed by atoms with Gasteiger partial charge in [0.2, 0.25) is 0 Å². The average Bonchev–Trinajstić information content (AvgIpc) is 2.31. The molecule has 0 saturated heterocycles. The lowest BCUT2D eigenvalue weighted by molar-refractivity contribution is 1.06. The Hall–Kier alpha value is -1.99. The maximum Gasteiger partial charge on any atom is 0.102 e. The molecule has 0 aliphatic carbocycles. The van der Waals surface area contributed by atoms with Gasteiger partial charge in [-0.15, -0.1) is 0 Å². The van der Waals surface area contributed by atoms with E-state index in [0.717, 1.165) is 21.3 Å². The summed E-state index contributed by atoms with van der Waals surface area (Å²) in [5.74, 6) is 0. The zero-order valence-electron chi connectivity index (χ0n) is 9.34. The van der Waals surface area contributed by atoms with Crippen molar-refractivity contribution in [1.82, 2.24) is 4.98 Å². The summed E-state index contributed by atoms with van der Waals surface area (Å²) in [7, 11) is 0. The molecular formula is C13H11N3S. The Morgan fingerprint density at radius 2 is 1.94 bits per heavy atom. The van der Waals surface area contributed by atoms with Gasteiger partial charge in [0.1, 0.15) is 5.03 Å². The smallest absolute Gasteiger partial charge is 0.102 e. The predicted molar refractivity (Wildman–Crippen MR) is 68.7 cm³/mol. The van der Waals surface area contributed by atoms with E-state index in [1.165, 1.54) is 11.8 Å². The van der Waals surface area contributed by atoms with E-state index >= 15 is 0 Å². The van der Waals surface area contributed by atoms with Crippen molar-refractivity contribution in [2.75, 3.05) is 5.73 Å². The SMILES string of the molecule is Cc1cc(C#N)cc(Sc2ccc(N)cc2)n1. The van der Waals surface area contributed by atoms with Gasteiger partial charge in [-0.3, -0.25) is 0 Å². The second-order valence-corrected chi connectivity index (χ2v) is 4.71. The minimum atomic E-state index is 0.635. The first-order valence-electron chi connectivity index (χ1n) is 5.09. The molecule has 3 nitrogen and oxygen atoms in total. The molecule has 1 aromatic heterocycles. The summed E-state index contributed by atoms with van der Waals surface area (Å²) in [5, 5.41) is 9.71. The fraction of sp³-hybridized carbons (Fsp3) is 0.0769. The highest BCUT2D eigenvalue weighted by molar-refractivity contribution is 7.99. The number of nitriles is 1. The lowest BCUT2D eigenvalue weighted by Crippen LogP contribution is -1.88.